The number of nitrogens with one attached hydrogen (secondary N) is 1. The first-order chi connectivity index (χ1) is 6.24. The Labute approximate surface area is 89.3 Å². The SMILES string of the molecule is CNCCS(=O)c1cccc(Br)c1. The van der Waals surface area contributed by atoms with Crippen LogP contribution >= 0.6 is 15.9 Å². The van der Waals surface area contributed by atoms with Crippen molar-refractivity contribution in [2.24, 2.45) is 0 Å². The molecule has 0 saturated carbocycles. The molecule has 72 valence electrons. The summed E-state index contributed by atoms with van der Waals surface area (Å²) in [4.78, 5) is 0.879. The zero-order valence-corrected chi connectivity index (χ0v) is 9.82. The maximum Gasteiger partial charge on any atom is 0.0542 e. The second-order valence-electron chi connectivity index (χ2n) is 2.61. The van der Waals surface area contributed by atoms with Gasteiger partial charge in [0, 0.05) is 21.7 Å². The van der Waals surface area contributed by atoms with Crippen molar-refractivity contribution in [3.63, 3.8) is 0 Å². The van der Waals surface area contributed by atoms with E-state index in [1.807, 2.05) is 31.3 Å². The number of hydrogen-bond donors (Lipinski definition) is 1. The lowest BCUT2D eigenvalue weighted by Gasteiger charge is -2.01. The predicted molar refractivity (Wildman–Crippen MR) is 59.3 cm³/mol. The van der Waals surface area contributed by atoms with Gasteiger partial charge in [0.05, 0.1) is 10.8 Å². The van der Waals surface area contributed by atoms with Crippen LogP contribution in [-0.2, 0) is 10.8 Å². The zero-order valence-electron chi connectivity index (χ0n) is 7.42. The van der Waals surface area contributed by atoms with Gasteiger partial charge < -0.3 is 5.32 Å². The second kappa shape index (κ2) is 5.52. The van der Waals surface area contributed by atoms with E-state index in [4.69, 9.17) is 0 Å². The summed E-state index contributed by atoms with van der Waals surface area (Å²) in [5.41, 5.74) is 0. The van der Waals surface area contributed by atoms with E-state index in [0.717, 1.165) is 15.9 Å². The van der Waals surface area contributed by atoms with Crippen LogP contribution < -0.4 is 5.32 Å². The average Bonchev–Trinajstić information content (AvgIpc) is 2.14. The summed E-state index contributed by atoms with van der Waals surface area (Å²) in [6, 6.07) is 7.61. The third-order valence-electron chi connectivity index (χ3n) is 1.60. The van der Waals surface area contributed by atoms with Crippen molar-refractivity contribution in [1.82, 2.24) is 5.32 Å². The predicted octanol–water partition coefficient (Wildman–Crippen LogP) is 1.78. The van der Waals surface area contributed by atoms with E-state index in [-0.39, 0.29) is 0 Å². The molecule has 0 heterocycles. The van der Waals surface area contributed by atoms with Crippen LogP contribution in [0.1, 0.15) is 0 Å². The molecule has 0 aliphatic carbocycles. The third kappa shape index (κ3) is 3.58. The molecule has 1 atom stereocenters. The van der Waals surface area contributed by atoms with E-state index in [1.165, 1.54) is 0 Å². The maximum absolute atomic E-state index is 11.6. The van der Waals surface area contributed by atoms with Crippen molar-refractivity contribution >= 4 is 26.7 Å². The minimum atomic E-state index is -0.886. The van der Waals surface area contributed by atoms with Gasteiger partial charge in [-0.3, -0.25) is 4.21 Å². The first-order valence-corrected chi connectivity index (χ1v) is 6.14. The molecule has 0 saturated heterocycles. The summed E-state index contributed by atoms with van der Waals surface area (Å²) in [7, 11) is 0.973. The standard InChI is InChI=1S/C9H12BrNOS/c1-11-5-6-13(12)9-4-2-3-8(10)7-9/h2-4,7,11H,5-6H2,1H3. The second-order valence-corrected chi connectivity index (χ2v) is 5.10. The van der Waals surface area contributed by atoms with Gasteiger partial charge in [-0.25, -0.2) is 0 Å². The zero-order chi connectivity index (χ0) is 9.68. The molecule has 0 aliphatic rings. The molecular formula is C9H12BrNOS. The molecule has 1 N–H and O–H groups in total. The summed E-state index contributed by atoms with van der Waals surface area (Å²) in [5.74, 6) is 0.660. The van der Waals surface area contributed by atoms with Crippen molar-refractivity contribution in [2.45, 2.75) is 4.90 Å². The molecule has 0 fully saturated rings. The fourth-order valence-corrected chi connectivity index (χ4v) is 2.59. The van der Waals surface area contributed by atoms with Crippen molar-refractivity contribution in [2.75, 3.05) is 19.3 Å². The Morgan fingerprint density at radius 1 is 1.54 bits per heavy atom. The Kier molecular flexibility index (Phi) is 4.62. The van der Waals surface area contributed by atoms with Crippen molar-refractivity contribution in [3.8, 4) is 0 Å². The summed E-state index contributed by atoms with van der Waals surface area (Å²) in [5, 5.41) is 2.98. The van der Waals surface area contributed by atoms with Crippen LogP contribution in [0, 0.1) is 0 Å². The fourth-order valence-electron chi connectivity index (χ4n) is 0.921. The fraction of sp³-hybridized carbons (Fsp3) is 0.333. The number of rotatable bonds is 4. The van der Waals surface area contributed by atoms with Gasteiger partial charge in [0.15, 0.2) is 0 Å². The Hall–Kier alpha value is -0.190. The molecule has 1 aromatic carbocycles. The van der Waals surface area contributed by atoms with E-state index in [1.54, 1.807) is 0 Å². The summed E-state index contributed by atoms with van der Waals surface area (Å²) >= 11 is 3.35. The lowest BCUT2D eigenvalue weighted by atomic mass is 10.4. The molecule has 0 amide bonds. The van der Waals surface area contributed by atoms with Crippen molar-refractivity contribution in [1.29, 1.82) is 0 Å². The van der Waals surface area contributed by atoms with Crippen LogP contribution in [0.4, 0.5) is 0 Å². The summed E-state index contributed by atoms with van der Waals surface area (Å²) in [6.45, 7) is 0.777. The highest BCUT2D eigenvalue weighted by atomic mass is 79.9. The van der Waals surface area contributed by atoms with Crippen LogP contribution in [0.5, 0.6) is 0 Å². The van der Waals surface area contributed by atoms with Gasteiger partial charge in [-0.2, -0.15) is 0 Å². The third-order valence-corrected chi connectivity index (χ3v) is 3.44. The molecule has 0 bridgehead atoms. The Morgan fingerprint density at radius 2 is 2.31 bits per heavy atom. The summed E-state index contributed by atoms with van der Waals surface area (Å²) < 4.78 is 12.6. The first kappa shape index (κ1) is 10.9. The molecule has 0 aromatic heterocycles. The van der Waals surface area contributed by atoms with E-state index in [9.17, 15) is 4.21 Å². The Bertz CT molecular complexity index is 303. The number of benzene rings is 1. The highest BCUT2D eigenvalue weighted by molar-refractivity contribution is 9.10. The molecule has 2 nitrogen and oxygen atoms in total. The van der Waals surface area contributed by atoms with E-state index in [2.05, 4.69) is 21.2 Å². The lowest BCUT2D eigenvalue weighted by Crippen LogP contribution is -2.15. The van der Waals surface area contributed by atoms with E-state index >= 15 is 0 Å². The Balaban J connectivity index is 2.66. The molecule has 13 heavy (non-hydrogen) atoms. The van der Waals surface area contributed by atoms with Gasteiger partial charge in [-0.15, -0.1) is 0 Å². The number of hydrogen-bond acceptors (Lipinski definition) is 2. The Morgan fingerprint density at radius 3 is 2.92 bits per heavy atom. The molecule has 0 spiro atoms. The normalized spacial score (nSPS) is 12.8. The molecule has 0 aliphatic heterocycles. The molecule has 0 radical (unpaired) electrons. The van der Waals surface area contributed by atoms with Crippen molar-refractivity contribution < 1.29 is 4.21 Å². The van der Waals surface area contributed by atoms with Gasteiger partial charge in [-0.1, -0.05) is 22.0 Å². The first-order valence-electron chi connectivity index (χ1n) is 4.02. The average molecular weight is 262 g/mol. The van der Waals surface area contributed by atoms with Gasteiger partial charge in [0.1, 0.15) is 0 Å². The molecule has 1 aromatic rings. The smallest absolute Gasteiger partial charge is 0.0542 e. The van der Waals surface area contributed by atoms with Crippen molar-refractivity contribution in [3.05, 3.63) is 28.7 Å². The molecule has 4 heteroatoms. The van der Waals surface area contributed by atoms with Crippen LogP contribution in [0.3, 0.4) is 0 Å². The maximum atomic E-state index is 11.6. The van der Waals surface area contributed by atoms with Crippen LogP contribution in [0.15, 0.2) is 33.6 Å². The van der Waals surface area contributed by atoms with Gasteiger partial charge >= 0.3 is 0 Å². The monoisotopic (exact) mass is 261 g/mol. The number of halogens is 1. The van der Waals surface area contributed by atoms with Crippen LogP contribution in [-0.4, -0.2) is 23.6 Å². The van der Waals surface area contributed by atoms with E-state index < -0.39 is 10.8 Å². The minimum absolute atomic E-state index is 0.660. The quantitative estimate of drug-likeness (QED) is 0.896. The van der Waals surface area contributed by atoms with Crippen LogP contribution in [0.25, 0.3) is 0 Å². The lowest BCUT2D eigenvalue weighted by molar-refractivity contribution is 0.680. The van der Waals surface area contributed by atoms with Gasteiger partial charge in [0.2, 0.25) is 0 Å². The largest absolute Gasteiger partial charge is 0.319 e. The van der Waals surface area contributed by atoms with Gasteiger partial charge in [0.25, 0.3) is 0 Å². The summed E-state index contributed by atoms with van der Waals surface area (Å²) in [6.07, 6.45) is 0. The highest BCUT2D eigenvalue weighted by Gasteiger charge is 2.02. The van der Waals surface area contributed by atoms with Gasteiger partial charge in [-0.05, 0) is 25.2 Å². The molecule has 1 rings (SSSR count). The minimum Gasteiger partial charge on any atom is -0.319 e. The molecule has 1 unspecified atom stereocenters. The molecular weight excluding hydrogens is 250 g/mol. The topological polar surface area (TPSA) is 29.1 Å². The highest BCUT2D eigenvalue weighted by Crippen LogP contribution is 2.14. The van der Waals surface area contributed by atoms with Crippen LogP contribution in [0.2, 0.25) is 0 Å². The van der Waals surface area contributed by atoms with E-state index in [0.29, 0.717) is 5.75 Å².